The molecule has 19 heavy (non-hydrogen) atoms. The van der Waals surface area contributed by atoms with Crippen molar-refractivity contribution < 1.29 is 9.84 Å². The predicted octanol–water partition coefficient (Wildman–Crippen LogP) is 0.426. The number of nitrogen functional groups attached to an aromatic ring is 1. The van der Waals surface area contributed by atoms with Gasteiger partial charge < -0.3 is 20.5 Å². The van der Waals surface area contributed by atoms with E-state index in [9.17, 15) is 5.11 Å². The van der Waals surface area contributed by atoms with Crippen LogP contribution in [0.2, 0.25) is 0 Å². The number of rotatable bonds is 6. The van der Waals surface area contributed by atoms with Crippen molar-refractivity contribution in [1.29, 1.82) is 5.41 Å². The molecule has 1 heterocycles. The summed E-state index contributed by atoms with van der Waals surface area (Å²) in [7, 11) is 3.39. The molecule has 1 aromatic rings. The number of anilines is 1. The first kappa shape index (κ1) is 15.4. The van der Waals surface area contributed by atoms with E-state index < -0.39 is 6.10 Å². The quantitative estimate of drug-likeness (QED) is 0.512. The number of pyridine rings is 1. The van der Waals surface area contributed by atoms with Crippen LogP contribution < -0.4 is 10.6 Å². The van der Waals surface area contributed by atoms with Gasteiger partial charge in [0.15, 0.2) is 0 Å². The minimum atomic E-state index is -0.594. The molecule has 1 rings (SSSR count). The Hall–Kier alpha value is -1.66. The van der Waals surface area contributed by atoms with Gasteiger partial charge >= 0.3 is 0 Å². The van der Waals surface area contributed by atoms with Gasteiger partial charge in [-0.3, -0.25) is 10.4 Å². The van der Waals surface area contributed by atoms with E-state index in [0.717, 1.165) is 17.1 Å². The summed E-state index contributed by atoms with van der Waals surface area (Å²) in [6, 6.07) is 1.86. The van der Waals surface area contributed by atoms with Crippen LogP contribution >= 0.6 is 0 Å². The van der Waals surface area contributed by atoms with E-state index >= 15 is 0 Å². The zero-order chi connectivity index (χ0) is 14.6. The van der Waals surface area contributed by atoms with E-state index in [2.05, 4.69) is 4.98 Å². The summed E-state index contributed by atoms with van der Waals surface area (Å²) in [6.07, 6.45) is -0.594. The summed E-state index contributed by atoms with van der Waals surface area (Å²) >= 11 is 0. The highest BCUT2D eigenvalue weighted by Gasteiger charge is 2.16. The highest BCUT2D eigenvalue weighted by atomic mass is 16.5. The molecule has 6 nitrogen and oxygen atoms in total. The lowest BCUT2D eigenvalue weighted by atomic mass is 10.1. The number of likely N-dealkylation sites (N-methyl/N-ethyl adjacent to an activating group) is 1. The normalized spacial score (nSPS) is 12.3. The van der Waals surface area contributed by atoms with Gasteiger partial charge in [0.2, 0.25) is 0 Å². The number of ether oxygens (including phenoxy) is 1. The molecule has 0 aliphatic carbocycles. The molecule has 1 aromatic heterocycles. The Morgan fingerprint density at radius 1 is 1.58 bits per heavy atom. The Morgan fingerprint density at radius 3 is 2.74 bits per heavy atom. The van der Waals surface area contributed by atoms with Gasteiger partial charge in [-0.25, -0.2) is 0 Å². The standard InChI is InChI=1S/C13H22N4O2/c1-8-5-11(12(13(14)15)9(2)16-8)17(3)6-10(18)7-19-4/h5,10,18H,6-7H2,1-4H3,(H3,14,15). The minimum absolute atomic E-state index is 0.0203. The number of nitrogens with two attached hydrogens (primary N) is 1. The third kappa shape index (κ3) is 3.90. The maximum absolute atomic E-state index is 9.78. The molecule has 0 bridgehead atoms. The van der Waals surface area contributed by atoms with Gasteiger partial charge in [0.25, 0.3) is 0 Å². The summed E-state index contributed by atoms with van der Waals surface area (Å²) in [4.78, 5) is 6.18. The number of aryl methyl sites for hydroxylation is 2. The Kier molecular flexibility index (Phi) is 5.26. The van der Waals surface area contributed by atoms with Crippen LogP contribution in [0.25, 0.3) is 0 Å². The van der Waals surface area contributed by atoms with Gasteiger partial charge in [-0.2, -0.15) is 0 Å². The van der Waals surface area contributed by atoms with E-state index in [4.69, 9.17) is 15.9 Å². The number of aliphatic hydroxyl groups excluding tert-OH is 1. The molecule has 0 amide bonds. The average molecular weight is 266 g/mol. The molecule has 0 radical (unpaired) electrons. The third-order valence-corrected chi connectivity index (χ3v) is 2.83. The smallest absolute Gasteiger partial charge is 0.126 e. The van der Waals surface area contributed by atoms with Crippen LogP contribution in [0.15, 0.2) is 6.07 Å². The van der Waals surface area contributed by atoms with Crippen LogP contribution in [0.1, 0.15) is 17.0 Å². The number of hydrogen-bond acceptors (Lipinski definition) is 5. The number of nitrogens with zero attached hydrogens (tertiary/aromatic N) is 2. The summed E-state index contributed by atoms with van der Waals surface area (Å²) in [5.41, 5.74) is 8.60. The van der Waals surface area contributed by atoms with Crippen LogP contribution in [0.5, 0.6) is 0 Å². The molecule has 0 aromatic carbocycles. The lowest BCUT2D eigenvalue weighted by molar-refractivity contribution is 0.0695. The van der Waals surface area contributed by atoms with Gasteiger partial charge in [-0.05, 0) is 19.9 Å². The molecule has 1 unspecified atom stereocenters. The predicted molar refractivity (Wildman–Crippen MR) is 75.9 cm³/mol. The SMILES string of the molecule is COCC(O)CN(C)c1cc(C)nc(C)c1C(=N)N. The Morgan fingerprint density at radius 2 is 2.21 bits per heavy atom. The Bertz CT molecular complexity index is 462. The van der Waals surface area contributed by atoms with Gasteiger partial charge in [0.05, 0.1) is 29.7 Å². The second-order valence-corrected chi connectivity index (χ2v) is 4.65. The molecule has 0 fully saturated rings. The van der Waals surface area contributed by atoms with Gasteiger partial charge in [0.1, 0.15) is 5.84 Å². The van der Waals surface area contributed by atoms with Crippen LogP contribution in [0, 0.1) is 19.3 Å². The zero-order valence-electron chi connectivity index (χ0n) is 11.9. The van der Waals surface area contributed by atoms with Gasteiger partial charge in [-0.1, -0.05) is 0 Å². The minimum Gasteiger partial charge on any atom is -0.389 e. The molecule has 0 spiro atoms. The van der Waals surface area contributed by atoms with E-state index in [1.165, 1.54) is 0 Å². The molecule has 0 aliphatic heterocycles. The van der Waals surface area contributed by atoms with Crippen LogP contribution in [0.3, 0.4) is 0 Å². The van der Waals surface area contributed by atoms with E-state index in [-0.39, 0.29) is 12.4 Å². The van der Waals surface area contributed by atoms with Crippen molar-refractivity contribution in [3.05, 3.63) is 23.0 Å². The lowest BCUT2D eigenvalue weighted by Crippen LogP contribution is -2.33. The number of methoxy groups -OCH3 is 1. The number of hydrogen-bond donors (Lipinski definition) is 3. The second kappa shape index (κ2) is 6.49. The first-order chi connectivity index (χ1) is 8.86. The lowest BCUT2D eigenvalue weighted by Gasteiger charge is -2.25. The van der Waals surface area contributed by atoms with Crippen molar-refractivity contribution in [1.82, 2.24) is 4.98 Å². The monoisotopic (exact) mass is 266 g/mol. The molecule has 0 aliphatic rings. The summed E-state index contributed by atoms with van der Waals surface area (Å²) in [5, 5.41) is 17.5. The van der Waals surface area contributed by atoms with E-state index in [1.54, 1.807) is 7.11 Å². The van der Waals surface area contributed by atoms with Crippen molar-refractivity contribution >= 4 is 11.5 Å². The number of nitrogens with one attached hydrogen (secondary N) is 1. The van der Waals surface area contributed by atoms with Gasteiger partial charge in [-0.15, -0.1) is 0 Å². The Labute approximate surface area is 113 Å². The van der Waals surface area contributed by atoms with E-state index in [1.807, 2.05) is 31.9 Å². The molecule has 106 valence electrons. The fourth-order valence-electron chi connectivity index (χ4n) is 2.10. The van der Waals surface area contributed by atoms with Crippen LogP contribution in [-0.4, -0.2) is 49.3 Å². The molecule has 0 saturated carbocycles. The van der Waals surface area contributed by atoms with Crippen molar-refractivity contribution in [3.63, 3.8) is 0 Å². The molecular formula is C13H22N4O2. The van der Waals surface area contributed by atoms with E-state index in [0.29, 0.717) is 12.1 Å². The maximum Gasteiger partial charge on any atom is 0.126 e. The maximum atomic E-state index is 9.78. The summed E-state index contributed by atoms with van der Waals surface area (Å²) < 4.78 is 4.91. The largest absolute Gasteiger partial charge is 0.389 e. The fourth-order valence-corrected chi connectivity index (χ4v) is 2.10. The van der Waals surface area contributed by atoms with Crippen LogP contribution in [0.4, 0.5) is 5.69 Å². The molecule has 6 heteroatoms. The van der Waals surface area contributed by atoms with Crippen molar-refractivity contribution in [2.75, 3.05) is 32.2 Å². The second-order valence-electron chi connectivity index (χ2n) is 4.65. The van der Waals surface area contributed by atoms with Crippen molar-refractivity contribution in [2.24, 2.45) is 5.73 Å². The van der Waals surface area contributed by atoms with Crippen LogP contribution in [-0.2, 0) is 4.74 Å². The molecule has 0 saturated heterocycles. The number of aromatic nitrogens is 1. The molecule has 4 N–H and O–H groups in total. The first-order valence-corrected chi connectivity index (χ1v) is 6.07. The number of amidine groups is 1. The molecular weight excluding hydrogens is 244 g/mol. The number of aliphatic hydroxyl groups is 1. The Balaban J connectivity index is 3.07. The fraction of sp³-hybridized carbons (Fsp3) is 0.538. The topological polar surface area (TPSA) is 95.5 Å². The van der Waals surface area contributed by atoms with Crippen molar-refractivity contribution in [3.8, 4) is 0 Å². The molecule has 1 atom stereocenters. The summed E-state index contributed by atoms with van der Waals surface area (Å²) in [6.45, 7) is 4.38. The third-order valence-electron chi connectivity index (χ3n) is 2.83. The average Bonchev–Trinajstić information content (AvgIpc) is 2.27. The van der Waals surface area contributed by atoms with Crippen molar-refractivity contribution in [2.45, 2.75) is 20.0 Å². The highest BCUT2D eigenvalue weighted by Crippen LogP contribution is 2.22. The summed E-state index contributed by atoms with van der Waals surface area (Å²) in [5.74, 6) is -0.0203. The highest BCUT2D eigenvalue weighted by molar-refractivity contribution is 6.01. The van der Waals surface area contributed by atoms with Gasteiger partial charge in [0, 0.05) is 26.4 Å². The first-order valence-electron chi connectivity index (χ1n) is 6.07. The zero-order valence-corrected chi connectivity index (χ0v) is 11.9.